The number of fused-ring (bicyclic) bond motifs is 1. The number of epoxide rings is 2. The lowest BCUT2D eigenvalue weighted by atomic mass is 9.61. The van der Waals surface area contributed by atoms with Crippen molar-refractivity contribution in [2.75, 3.05) is 6.61 Å². The van der Waals surface area contributed by atoms with E-state index < -0.39 is 16.8 Å². The minimum absolute atomic E-state index is 0.0138. The van der Waals surface area contributed by atoms with E-state index in [1.807, 2.05) is 13.8 Å². The summed E-state index contributed by atoms with van der Waals surface area (Å²) in [5, 5.41) is 20.9. The van der Waals surface area contributed by atoms with Gasteiger partial charge in [-0.3, -0.25) is 4.79 Å². The molecule has 2 saturated heterocycles. The van der Waals surface area contributed by atoms with Crippen molar-refractivity contribution in [1.29, 1.82) is 0 Å². The van der Waals surface area contributed by atoms with E-state index in [9.17, 15) is 15.0 Å². The van der Waals surface area contributed by atoms with E-state index in [1.54, 1.807) is 6.92 Å². The average molecular weight is 379 g/mol. The van der Waals surface area contributed by atoms with Gasteiger partial charge in [0.05, 0.1) is 24.4 Å². The van der Waals surface area contributed by atoms with Crippen LogP contribution in [-0.2, 0) is 14.3 Å². The topological polar surface area (TPSA) is 82.6 Å². The summed E-state index contributed by atoms with van der Waals surface area (Å²) in [5.74, 6) is -0.00668. The van der Waals surface area contributed by atoms with Crippen molar-refractivity contribution < 1.29 is 24.5 Å². The number of aliphatic hydroxyl groups is 2. The van der Waals surface area contributed by atoms with Crippen LogP contribution in [0.15, 0.2) is 12.2 Å². The fourth-order valence-corrected chi connectivity index (χ4v) is 6.59. The zero-order valence-corrected chi connectivity index (χ0v) is 17.1. The van der Waals surface area contributed by atoms with Gasteiger partial charge in [0.2, 0.25) is 0 Å². The highest BCUT2D eigenvalue weighted by Crippen LogP contribution is 2.71. The van der Waals surface area contributed by atoms with Crippen molar-refractivity contribution in [3.63, 3.8) is 0 Å². The molecule has 2 aliphatic heterocycles. The summed E-state index contributed by atoms with van der Waals surface area (Å²) < 4.78 is 12.4. The third-order valence-electron chi connectivity index (χ3n) is 8.19. The smallest absolute Gasteiger partial charge is 0.133 e. The predicted molar refractivity (Wildman–Crippen MR) is 101 cm³/mol. The molecule has 7 atom stereocenters. The molecule has 2 heterocycles. The molecule has 4 fully saturated rings. The van der Waals surface area contributed by atoms with Crippen LogP contribution in [0.3, 0.4) is 0 Å². The zero-order valence-electron chi connectivity index (χ0n) is 17.1. The lowest BCUT2D eigenvalue weighted by molar-refractivity contribution is -0.127. The summed E-state index contributed by atoms with van der Waals surface area (Å²) in [6.45, 7) is 11.8. The molecule has 4 aliphatic rings. The lowest BCUT2D eigenvalue weighted by Gasteiger charge is -2.41. The van der Waals surface area contributed by atoms with Gasteiger partial charge in [-0.2, -0.15) is 0 Å². The van der Waals surface area contributed by atoms with Gasteiger partial charge in [0.1, 0.15) is 17.0 Å². The highest BCUT2D eigenvalue weighted by Gasteiger charge is 2.79. The minimum atomic E-state index is -0.888. The van der Waals surface area contributed by atoms with Crippen molar-refractivity contribution in [1.82, 2.24) is 0 Å². The first-order chi connectivity index (χ1) is 12.5. The number of allylic oxidation sites excluding steroid dienone is 1. The van der Waals surface area contributed by atoms with Crippen molar-refractivity contribution >= 4 is 5.78 Å². The van der Waals surface area contributed by atoms with Gasteiger partial charge in [-0.1, -0.05) is 19.1 Å². The Morgan fingerprint density at radius 3 is 2.59 bits per heavy atom. The van der Waals surface area contributed by atoms with Crippen LogP contribution in [0.4, 0.5) is 0 Å². The Morgan fingerprint density at radius 2 is 2.00 bits per heavy atom. The van der Waals surface area contributed by atoms with Crippen LogP contribution in [0.25, 0.3) is 0 Å². The molecule has 0 radical (unpaired) electrons. The Hall–Kier alpha value is -0.750. The predicted octanol–water partition coefficient (Wildman–Crippen LogP) is 2.78. The summed E-state index contributed by atoms with van der Waals surface area (Å²) >= 11 is 0. The number of ether oxygens (including phenoxy) is 2. The number of hydrogen-bond donors (Lipinski definition) is 2. The van der Waals surface area contributed by atoms with E-state index >= 15 is 0 Å². The maximum atomic E-state index is 12.7. The molecule has 0 aromatic carbocycles. The Bertz CT molecular complexity index is 666. The molecule has 1 spiro atoms. The van der Waals surface area contributed by atoms with Gasteiger partial charge in [0.15, 0.2) is 0 Å². The third-order valence-corrected chi connectivity index (χ3v) is 8.19. The molecule has 5 nitrogen and oxygen atoms in total. The summed E-state index contributed by atoms with van der Waals surface area (Å²) in [5.41, 5.74) is -1.23. The number of aliphatic hydroxyl groups excluding tert-OH is 1. The molecule has 4 rings (SSSR count). The van der Waals surface area contributed by atoms with Gasteiger partial charge in [0.25, 0.3) is 0 Å². The van der Waals surface area contributed by atoms with E-state index in [2.05, 4.69) is 13.5 Å². The van der Waals surface area contributed by atoms with Gasteiger partial charge in [0, 0.05) is 23.7 Å². The number of carbonyl (C=O) groups excluding carboxylic acids is 1. The second kappa shape index (κ2) is 5.88. The van der Waals surface area contributed by atoms with Gasteiger partial charge in [-0.15, -0.1) is 0 Å². The number of rotatable bonds is 3. The van der Waals surface area contributed by atoms with Crippen LogP contribution in [0.1, 0.15) is 66.2 Å². The molecule has 0 aromatic rings. The highest BCUT2D eigenvalue weighted by atomic mass is 16.6. The maximum absolute atomic E-state index is 12.7. The van der Waals surface area contributed by atoms with Gasteiger partial charge in [-0.25, -0.2) is 0 Å². The second-order valence-electron chi connectivity index (χ2n) is 10.3. The van der Waals surface area contributed by atoms with Gasteiger partial charge in [-0.05, 0) is 52.9 Å². The van der Waals surface area contributed by atoms with Crippen LogP contribution in [0, 0.1) is 17.3 Å². The van der Waals surface area contributed by atoms with E-state index in [1.165, 1.54) is 0 Å². The normalized spacial score (nSPS) is 49.5. The lowest BCUT2D eigenvalue weighted by Crippen LogP contribution is -2.50. The Labute approximate surface area is 162 Å². The number of ketones is 1. The molecule has 152 valence electrons. The number of carbonyl (C=O) groups is 1. The number of Topliss-reactive ketones (excluding diaryl/α,β-unsaturated/α-hetero) is 1. The molecule has 5 heteroatoms. The van der Waals surface area contributed by atoms with E-state index in [-0.39, 0.29) is 41.8 Å². The standard InChI is InChI=1S/C22H34O5/c1-13-6-7-17-21(12-23,26-17)11-18-22(27-18)16(19(3,4)25)8-9-20(22,5)15(10-13)14(2)24/h15-18,23,25H,1,6-12H2,2-5H3. The third kappa shape index (κ3) is 2.69. The van der Waals surface area contributed by atoms with Crippen molar-refractivity contribution in [3.05, 3.63) is 12.2 Å². The summed E-state index contributed by atoms with van der Waals surface area (Å²) in [7, 11) is 0. The van der Waals surface area contributed by atoms with Gasteiger partial charge >= 0.3 is 0 Å². The van der Waals surface area contributed by atoms with Crippen LogP contribution in [0.2, 0.25) is 0 Å². The minimum Gasteiger partial charge on any atom is -0.393 e. The first-order valence-electron chi connectivity index (χ1n) is 10.4. The molecular formula is C22H34O5. The van der Waals surface area contributed by atoms with Gasteiger partial charge < -0.3 is 19.7 Å². The molecule has 0 bridgehead atoms. The largest absolute Gasteiger partial charge is 0.393 e. The molecule has 27 heavy (non-hydrogen) atoms. The van der Waals surface area contributed by atoms with Crippen molar-refractivity contribution in [3.8, 4) is 0 Å². The summed E-state index contributed by atoms with van der Waals surface area (Å²) in [6.07, 6.45) is 4.58. The summed E-state index contributed by atoms with van der Waals surface area (Å²) in [6, 6.07) is 0. The van der Waals surface area contributed by atoms with Crippen LogP contribution in [-0.4, -0.2) is 51.6 Å². The molecule has 2 saturated carbocycles. The van der Waals surface area contributed by atoms with Crippen LogP contribution >= 0.6 is 0 Å². The molecular weight excluding hydrogens is 344 g/mol. The Kier molecular flexibility index (Phi) is 4.26. The molecule has 0 aromatic heterocycles. The van der Waals surface area contributed by atoms with E-state index in [0.717, 1.165) is 31.3 Å². The Morgan fingerprint density at radius 1 is 1.30 bits per heavy atom. The maximum Gasteiger partial charge on any atom is 0.133 e. The zero-order chi connectivity index (χ0) is 19.8. The molecule has 2 N–H and O–H groups in total. The van der Waals surface area contributed by atoms with Crippen molar-refractivity contribution in [2.24, 2.45) is 17.3 Å². The number of hydrogen-bond acceptors (Lipinski definition) is 5. The second-order valence-corrected chi connectivity index (χ2v) is 10.3. The fraction of sp³-hybridized carbons (Fsp3) is 0.864. The average Bonchev–Trinajstić information content (AvgIpc) is 3.42. The summed E-state index contributed by atoms with van der Waals surface area (Å²) in [4.78, 5) is 12.7. The fourth-order valence-electron chi connectivity index (χ4n) is 6.59. The molecule has 7 unspecified atom stereocenters. The highest BCUT2D eigenvalue weighted by molar-refractivity contribution is 5.80. The van der Waals surface area contributed by atoms with Crippen molar-refractivity contribution in [2.45, 2.75) is 95.2 Å². The first kappa shape index (κ1) is 19.6. The van der Waals surface area contributed by atoms with E-state index in [0.29, 0.717) is 12.8 Å². The SMILES string of the molecule is C=C1CCC2OC2(CO)CC2OC23C(C(C)(C)O)CCC3(C)C(C(C)=O)C1. The Balaban J connectivity index is 1.77. The van der Waals surface area contributed by atoms with Crippen LogP contribution < -0.4 is 0 Å². The van der Waals surface area contributed by atoms with Crippen LogP contribution in [0.5, 0.6) is 0 Å². The monoisotopic (exact) mass is 378 g/mol. The molecule has 2 aliphatic carbocycles. The molecule has 0 amide bonds. The van der Waals surface area contributed by atoms with E-state index in [4.69, 9.17) is 9.47 Å². The first-order valence-corrected chi connectivity index (χ1v) is 10.4. The quantitative estimate of drug-likeness (QED) is 0.583.